The van der Waals surface area contributed by atoms with Gasteiger partial charge in [-0.25, -0.2) is 4.79 Å². The highest BCUT2D eigenvalue weighted by molar-refractivity contribution is 5.70. The number of hydrogen-bond acceptors (Lipinski definition) is 3. The quantitative estimate of drug-likeness (QED) is 0.855. The van der Waals surface area contributed by atoms with Gasteiger partial charge in [-0.15, -0.1) is 0 Å². The van der Waals surface area contributed by atoms with Gasteiger partial charge in [0.15, 0.2) is 6.10 Å². The van der Waals surface area contributed by atoms with E-state index in [-0.39, 0.29) is 12.2 Å². The average molecular weight is 321 g/mol. The average Bonchev–Trinajstić information content (AvgIpc) is 3.11. The van der Waals surface area contributed by atoms with E-state index in [4.69, 9.17) is 9.47 Å². The number of fused-ring (bicyclic) bond motifs is 1. The van der Waals surface area contributed by atoms with E-state index in [0.717, 1.165) is 17.7 Å². The van der Waals surface area contributed by atoms with Gasteiger partial charge in [-0.2, -0.15) is 0 Å². The van der Waals surface area contributed by atoms with Crippen LogP contribution in [-0.4, -0.2) is 23.3 Å². The first kappa shape index (κ1) is 14.8. The van der Waals surface area contributed by atoms with Gasteiger partial charge in [0.1, 0.15) is 5.76 Å². The summed E-state index contributed by atoms with van der Waals surface area (Å²) in [5.41, 5.74) is 3.49. The second-order valence-corrected chi connectivity index (χ2v) is 6.20. The van der Waals surface area contributed by atoms with Crippen molar-refractivity contribution in [3.63, 3.8) is 0 Å². The molecule has 1 saturated heterocycles. The molecule has 0 aromatic heterocycles. The lowest BCUT2D eigenvalue weighted by Gasteiger charge is -2.25. The molecule has 2 aromatic carbocycles. The molecular weight excluding hydrogens is 302 g/mol. The van der Waals surface area contributed by atoms with Gasteiger partial charge in [0.05, 0.1) is 6.54 Å². The minimum absolute atomic E-state index is 0.300. The van der Waals surface area contributed by atoms with Crippen molar-refractivity contribution in [1.29, 1.82) is 0 Å². The van der Waals surface area contributed by atoms with Crippen molar-refractivity contribution < 1.29 is 14.3 Å². The molecule has 4 heteroatoms. The standard InChI is InChI=1S/C20H19NO3/c1-14-19(24-18-11-16-9-5-6-10-17(16)12-18)21(20(22)23-14)13-15-7-3-2-4-8-15/h2-11,14,19H,12-13H2,1H3. The van der Waals surface area contributed by atoms with E-state index in [9.17, 15) is 4.79 Å². The third-order valence-electron chi connectivity index (χ3n) is 4.43. The van der Waals surface area contributed by atoms with Gasteiger partial charge in [0.25, 0.3) is 0 Å². The molecular formula is C20H19NO3. The van der Waals surface area contributed by atoms with Crippen LogP contribution in [0, 0.1) is 0 Å². The third kappa shape index (κ3) is 2.75. The molecule has 122 valence electrons. The van der Waals surface area contributed by atoms with E-state index in [0.29, 0.717) is 6.54 Å². The number of carbonyl (C=O) groups excluding carboxylic acids is 1. The van der Waals surface area contributed by atoms with Crippen molar-refractivity contribution >= 4 is 12.2 Å². The smallest absolute Gasteiger partial charge is 0.413 e. The van der Waals surface area contributed by atoms with Crippen molar-refractivity contribution in [2.45, 2.75) is 32.2 Å². The summed E-state index contributed by atoms with van der Waals surface area (Å²) in [4.78, 5) is 13.9. The van der Waals surface area contributed by atoms with Gasteiger partial charge < -0.3 is 9.47 Å². The van der Waals surface area contributed by atoms with Gasteiger partial charge in [0.2, 0.25) is 6.23 Å². The molecule has 2 aliphatic rings. The summed E-state index contributed by atoms with van der Waals surface area (Å²) < 4.78 is 11.5. The molecule has 2 unspecified atom stereocenters. The Bertz CT molecular complexity index is 784. The first-order chi connectivity index (χ1) is 11.7. The van der Waals surface area contributed by atoms with E-state index >= 15 is 0 Å². The first-order valence-electron chi connectivity index (χ1n) is 8.17. The molecule has 2 atom stereocenters. The topological polar surface area (TPSA) is 38.8 Å². The van der Waals surface area contributed by atoms with Gasteiger partial charge in [-0.1, -0.05) is 54.6 Å². The van der Waals surface area contributed by atoms with Crippen LogP contribution in [-0.2, 0) is 22.4 Å². The molecule has 1 heterocycles. The lowest BCUT2D eigenvalue weighted by atomic mass is 10.1. The van der Waals surface area contributed by atoms with E-state index in [1.54, 1.807) is 4.90 Å². The van der Waals surface area contributed by atoms with E-state index in [2.05, 4.69) is 12.1 Å². The Balaban J connectivity index is 1.51. The fourth-order valence-electron chi connectivity index (χ4n) is 3.22. The second kappa shape index (κ2) is 6.04. The predicted molar refractivity (Wildman–Crippen MR) is 90.9 cm³/mol. The number of cyclic esters (lactones) is 1. The minimum Gasteiger partial charge on any atom is -0.470 e. The SMILES string of the molecule is CC1OC(=O)N(Cc2ccccc2)C1OC1=Cc2ccccc2C1. The number of rotatable bonds is 4. The third-order valence-corrected chi connectivity index (χ3v) is 4.43. The highest BCUT2D eigenvalue weighted by Crippen LogP contribution is 2.30. The Kier molecular flexibility index (Phi) is 3.73. The molecule has 0 bridgehead atoms. The summed E-state index contributed by atoms with van der Waals surface area (Å²) in [5, 5.41) is 0. The maximum absolute atomic E-state index is 12.2. The highest BCUT2D eigenvalue weighted by Gasteiger charge is 2.41. The zero-order chi connectivity index (χ0) is 16.5. The summed E-state index contributed by atoms with van der Waals surface area (Å²) in [6.07, 6.45) is 1.77. The minimum atomic E-state index is -0.404. The Morgan fingerprint density at radius 2 is 1.88 bits per heavy atom. The molecule has 0 radical (unpaired) electrons. The van der Waals surface area contributed by atoms with Crippen LogP contribution in [0.1, 0.15) is 23.6 Å². The van der Waals surface area contributed by atoms with Crippen LogP contribution in [0.3, 0.4) is 0 Å². The molecule has 1 fully saturated rings. The Morgan fingerprint density at radius 3 is 2.67 bits per heavy atom. The van der Waals surface area contributed by atoms with Crippen LogP contribution < -0.4 is 0 Å². The predicted octanol–water partition coefficient (Wildman–Crippen LogP) is 3.97. The largest absolute Gasteiger partial charge is 0.470 e. The molecule has 0 spiro atoms. The van der Waals surface area contributed by atoms with Crippen LogP contribution >= 0.6 is 0 Å². The fraction of sp³-hybridized carbons (Fsp3) is 0.250. The number of ether oxygens (including phenoxy) is 2. The van der Waals surface area contributed by atoms with Crippen LogP contribution in [0.2, 0.25) is 0 Å². The zero-order valence-electron chi connectivity index (χ0n) is 13.5. The summed E-state index contributed by atoms with van der Waals surface area (Å²) in [5.74, 6) is 0.879. The molecule has 24 heavy (non-hydrogen) atoms. The summed E-state index contributed by atoms with van der Waals surface area (Å²) in [7, 11) is 0. The molecule has 1 amide bonds. The fourth-order valence-corrected chi connectivity index (χ4v) is 3.22. The summed E-state index contributed by atoms with van der Waals surface area (Å²) in [6, 6.07) is 18.1. The maximum Gasteiger partial charge on any atom is 0.413 e. The van der Waals surface area contributed by atoms with E-state index < -0.39 is 6.23 Å². The normalized spacial score (nSPS) is 22.1. The van der Waals surface area contributed by atoms with Crippen LogP contribution in [0.15, 0.2) is 60.4 Å². The summed E-state index contributed by atoms with van der Waals surface area (Å²) >= 11 is 0. The molecule has 0 N–H and O–H groups in total. The van der Waals surface area contributed by atoms with Crippen LogP contribution in [0.4, 0.5) is 4.79 Å². The first-order valence-corrected chi connectivity index (χ1v) is 8.17. The van der Waals surface area contributed by atoms with Gasteiger partial charge >= 0.3 is 6.09 Å². The second-order valence-electron chi connectivity index (χ2n) is 6.20. The van der Waals surface area contributed by atoms with Crippen molar-refractivity contribution in [3.05, 3.63) is 77.0 Å². The molecule has 1 aliphatic heterocycles. The van der Waals surface area contributed by atoms with E-state index in [1.165, 1.54) is 11.1 Å². The number of hydrogen-bond donors (Lipinski definition) is 0. The summed E-state index contributed by atoms with van der Waals surface area (Å²) in [6.45, 7) is 2.35. The zero-order valence-corrected chi connectivity index (χ0v) is 13.5. The van der Waals surface area contributed by atoms with Crippen LogP contribution in [0.25, 0.3) is 6.08 Å². The molecule has 1 aliphatic carbocycles. The lowest BCUT2D eigenvalue weighted by Crippen LogP contribution is -2.37. The number of amides is 1. The van der Waals surface area contributed by atoms with Crippen molar-refractivity contribution in [2.24, 2.45) is 0 Å². The Labute approximate surface area is 141 Å². The van der Waals surface area contributed by atoms with Crippen molar-refractivity contribution in [1.82, 2.24) is 4.90 Å². The van der Waals surface area contributed by atoms with Gasteiger partial charge in [-0.05, 0) is 29.7 Å². The van der Waals surface area contributed by atoms with Gasteiger partial charge in [-0.3, -0.25) is 4.90 Å². The van der Waals surface area contributed by atoms with Crippen molar-refractivity contribution in [2.75, 3.05) is 0 Å². The number of benzene rings is 2. The number of nitrogens with zero attached hydrogens (tertiary/aromatic N) is 1. The van der Waals surface area contributed by atoms with Gasteiger partial charge in [0, 0.05) is 6.42 Å². The van der Waals surface area contributed by atoms with Crippen molar-refractivity contribution in [3.8, 4) is 0 Å². The Morgan fingerprint density at radius 1 is 1.12 bits per heavy atom. The Hall–Kier alpha value is -2.75. The molecule has 4 nitrogen and oxygen atoms in total. The lowest BCUT2D eigenvalue weighted by molar-refractivity contribution is -0.0102. The maximum atomic E-state index is 12.2. The molecule has 2 aromatic rings. The number of allylic oxidation sites excluding steroid dienone is 1. The monoisotopic (exact) mass is 321 g/mol. The molecule has 4 rings (SSSR count). The highest BCUT2D eigenvalue weighted by atomic mass is 16.6. The number of carbonyl (C=O) groups is 1. The van der Waals surface area contributed by atoms with Crippen LogP contribution in [0.5, 0.6) is 0 Å². The van der Waals surface area contributed by atoms with E-state index in [1.807, 2.05) is 55.5 Å². The molecule has 0 saturated carbocycles.